The highest BCUT2D eigenvalue weighted by Gasteiger charge is 2.25. The minimum Gasteiger partial charge on any atom is -0.480 e. The van der Waals surface area contributed by atoms with Gasteiger partial charge in [-0.2, -0.15) is 0 Å². The Kier molecular flexibility index (Phi) is 6.71. The Morgan fingerprint density at radius 1 is 1.06 bits per heavy atom. The van der Waals surface area contributed by atoms with Gasteiger partial charge >= 0.3 is 11.6 Å². The third-order valence-corrected chi connectivity index (χ3v) is 6.73. The highest BCUT2D eigenvalue weighted by atomic mass is 35.5. The molecule has 0 aliphatic rings. The number of carbonyl (C=O) groups excluding carboxylic acids is 1. The first-order valence-electron chi connectivity index (χ1n) is 11.6. The lowest BCUT2D eigenvalue weighted by Crippen LogP contribution is -2.43. The zero-order valence-corrected chi connectivity index (χ0v) is 21.6. The summed E-state index contributed by atoms with van der Waals surface area (Å²) in [6.45, 7) is 9.88. The summed E-state index contributed by atoms with van der Waals surface area (Å²) in [7, 11) is 0. The SMILES string of the molecule is Cc1c(CC(=O)N[C@@H](Cc2ccc(Cl)cc2)C(=O)O)c(=O)oc2c(C)c3occ(C(C)(C)C)c3cc12. The quantitative estimate of drug-likeness (QED) is 0.334. The van der Waals surface area contributed by atoms with E-state index in [0.717, 1.165) is 10.9 Å². The van der Waals surface area contributed by atoms with Crippen LogP contribution in [0.15, 0.2) is 50.2 Å². The molecule has 2 aromatic carbocycles. The van der Waals surface area contributed by atoms with E-state index in [-0.39, 0.29) is 23.8 Å². The van der Waals surface area contributed by atoms with Crippen molar-refractivity contribution in [2.24, 2.45) is 0 Å². The minimum absolute atomic E-state index is 0.0802. The van der Waals surface area contributed by atoms with Gasteiger partial charge in [0.05, 0.1) is 18.2 Å². The van der Waals surface area contributed by atoms with Crippen molar-refractivity contribution >= 4 is 45.4 Å². The standard InChI is InChI=1S/C28H28ClNO6/c1-14-18-11-20-21(28(3,4)5)13-35-24(20)15(2)25(18)36-27(34)19(14)12-23(31)30-22(26(32)33)10-16-6-8-17(29)9-7-16/h6-9,11,13,22H,10,12H2,1-5H3,(H,30,31)(H,32,33)/t22-/m0/s1. The lowest BCUT2D eigenvalue weighted by molar-refractivity contribution is -0.141. The van der Waals surface area contributed by atoms with Crippen LogP contribution in [-0.2, 0) is 27.8 Å². The van der Waals surface area contributed by atoms with E-state index >= 15 is 0 Å². The van der Waals surface area contributed by atoms with Crippen LogP contribution in [0.25, 0.3) is 21.9 Å². The van der Waals surface area contributed by atoms with Gasteiger partial charge in [-0.25, -0.2) is 9.59 Å². The highest BCUT2D eigenvalue weighted by Crippen LogP contribution is 2.37. The van der Waals surface area contributed by atoms with Crippen molar-refractivity contribution in [2.75, 3.05) is 0 Å². The molecule has 8 heteroatoms. The van der Waals surface area contributed by atoms with Crippen molar-refractivity contribution in [1.82, 2.24) is 5.32 Å². The van der Waals surface area contributed by atoms with Gasteiger partial charge in [0.15, 0.2) is 0 Å². The molecule has 0 unspecified atom stereocenters. The first kappa shape index (κ1) is 25.5. The molecule has 4 aromatic rings. The summed E-state index contributed by atoms with van der Waals surface area (Å²) in [5.74, 6) is -1.75. The van der Waals surface area contributed by atoms with E-state index < -0.39 is 23.5 Å². The summed E-state index contributed by atoms with van der Waals surface area (Å²) in [6, 6.07) is 7.50. The number of rotatable bonds is 6. The molecule has 0 aliphatic heterocycles. The number of carboxylic acid groups (broad SMARTS) is 1. The Morgan fingerprint density at radius 3 is 2.33 bits per heavy atom. The Labute approximate surface area is 213 Å². The van der Waals surface area contributed by atoms with E-state index in [0.29, 0.717) is 38.3 Å². The Morgan fingerprint density at radius 2 is 1.72 bits per heavy atom. The Bertz CT molecular complexity index is 1540. The van der Waals surface area contributed by atoms with Crippen LogP contribution in [0.4, 0.5) is 0 Å². The number of amides is 1. The number of nitrogens with one attached hydrogen (secondary N) is 1. The molecular formula is C28H28ClNO6. The zero-order valence-electron chi connectivity index (χ0n) is 20.8. The monoisotopic (exact) mass is 509 g/mol. The van der Waals surface area contributed by atoms with Crippen LogP contribution < -0.4 is 10.9 Å². The molecule has 0 aliphatic carbocycles. The normalized spacial score (nSPS) is 12.7. The van der Waals surface area contributed by atoms with Crippen LogP contribution in [0, 0.1) is 13.8 Å². The van der Waals surface area contributed by atoms with E-state index in [9.17, 15) is 19.5 Å². The van der Waals surface area contributed by atoms with Gasteiger partial charge in [-0.1, -0.05) is 44.5 Å². The van der Waals surface area contributed by atoms with Crippen molar-refractivity contribution in [3.63, 3.8) is 0 Å². The van der Waals surface area contributed by atoms with Crippen molar-refractivity contribution in [2.45, 2.75) is 58.9 Å². The third kappa shape index (κ3) is 4.88. The van der Waals surface area contributed by atoms with Gasteiger partial charge in [-0.15, -0.1) is 0 Å². The molecule has 0 saturated carbocycles. The minimum atomic E-state index is -1.17. The molecule has 2 heterocycles. The maximum absolute atomic E-state index is 12.9. The number of furan rings is 1. The average molecular weight is 510 g/mol. The number of fused-ring (bicyclic) bond motifs is 2. The molecule has 36 heavy (non-hydrogen) atoms. The number of halogens is 1. The van der Waals surface area contributed by atoms with Gasteiger partial charge in [0.2, 0.25) is 5.91 Å². The smallest absolute Gasteiger partial charge is 0.340 e. The third-order valence-electron chi connectivity index (χ3n) is 6.47. The van der Waals surface area contributed by atoms with Crippen LogP contribution in [0.5, 0.6) is 0 Å². The van der Waals surface area contributed by atoms with E-state index in [4.69, 9.17) is 20.4 Å². The van der Waals surface area contributed by atoms with Gasteiger partial charge in [0.1, 0.15) is 17.2 Å². The van der Waals surface area contributed by atoms with Crippen molar-refractivity contribution in [3.8, 4) is 0 Å². The van der Waals surface area contributed by atoms with Gasteiger partial charge in [0, 0.05) is 33.3 Å². The zero-order chi connectivity index (χ0) is 26.4. The van der Waals surface area contributed by atoms with E-state index in [2.05, 4.69) is 26.1 Å². The first-order chi connectivity index (χ1) is 16.9. The van der Waals surface area contributed by atoms with Gasteiger partial charge < -0.3 is 19.3 Å². The van der Waals surface area contributed by atoms with Gasteiger partial charge in [0.25, 0.3) is 0 Å². The van der Waals surface area contributed by atoms with Crippen LogP contribution >= 0.6 is 11.6 Å². The topological polar surface area (TPSA) is 110 Å². The van der Waals surface area contributed by atoms with Gasteiger partial charge in [-0.3, -0.25) is 4.79 Å². The fourth-order valence-electron chi connectivity index (χ4n) is 4.44. The average Bonchev–Trinajstić information content (AvgIpc) is 3.23. The first-order valence-corrected chi connectivity index (χ1v) is 12.0. The number of aliphatic carboxylic acids is 1. The maximum atomic E-state index is 12.9. The molecule has 2 aromatic heterocycles. The summed E-state index contributed by atoms with van der Waals surface area (Å²) in [6.07, 6.45) is 1.50. The number of aryl methyl sites for hydroxylation is 2. The van der Waals surface area contributed by atoms with Crippen molar-refractivity contribution in [3.05, 3.63) is 79.9 Å². The van der Waals surface area contributed by atoms with Crippen LogP contribution in [0.2, 0.25) is 5.02 Å². The Balaban J connectivity index is 1.67. The number of benzene rings is 2. The molecular weight excluding hydrogens is 482 g/mol. The summed E-state index contributed by atoms with van der Waals surface area (Å²) in [4.78, 5) is 37.5. The van der Waals surface area contributed by atoms with Crippen molar-refractivity contribution < 1.29 is 23.5 Å². The molecule has 1 atom stereocenters. The van der Waals surface area contributed by atoms with Gasteiger partial charge in [-0.05, 0) is 48.6 Å². The summed E-state index contributed by atoms with van der Waals surface area (Å²) >= 11 is 5.89. The lowest BCUT2D eigenvalue weighted by Gasteiger charge is -2.17. The second-order valence-electron chi connectivity index (χ2n) is 10.1. The molecule has 1 amide bonds. The summed E-state index contributed by atoms with van der Waals surface area (Å²) in [5, 5.41) is 14.3. The van der Waals surface area contributed by atoms with E-state index in [1.807, 2.05) is 13.0 Å². The molecule has 2 N–H and O–H groups in total. The maximum Gasteiger partial charge on any atom is 0.340 e. The second kappa shape index (κ2) is 9.47. The highest BCUT2D eigenvalue weighted by molar-refractivity contribution is 6.30. The molecule has 0 radical (unpaired) electrons. The molecule has 188 valence electrons. The van der Waals surface area contributed by atoms with E-state index in [1.165, 1.54) is 0 Å². The molecule has 0 spiro atoms. The lowest BCUT2D eigenvalue weighted by atomic mass is 9.86. The van der Waals surface area contributed by atoms with Crippen LogP contribution in [0.1, 0.15) is 48.6 Å². The fourth-order valence-corrected chi connectivity index (χ4v) is 4.57. The Hall–Kier alpha value is -3.58. The van der Waals surface area contributed by atoms with Crippen molar-refractivity contribution in [1.29, 1.82) is 0 Å². The predicted octanol–water partition coefficient (Wildman–Crippen LogP) is 5.46. The number of hydrogen-bond acceptors (Lipinski definition) is 5. The molecule has 4 rings (SSSR count). The van der Waals surface area contributed by atoms with E-state index in [1.54, 1.807) is 37.5 Å². The summed E-state index contributed by atoms with van der Waals surface area (Å²) < 4.78 is 11.5. The molecule has 0 bridgehead atoms. The van der Waals surface area contributed by atoms with Crippen LogP contribution in [-0.4, -0.2) is 23.0 Å². The predicted molar refractivity (Wildman–Crippen MR) is 139 cm³/mol. The summed E-state index contributed by atoms with van der Waals surface area (Å²) in [5.41, 5.74) is 3.53. The fraction of sp³-hybridized carbons (Fsp3) is 0.321. The largest absolute Gasteiger partial charge is 0.480 e. The molecule has 0 fully saturated rings. The second-order valence-corrected chi connectivity index (χ2v) is 10.5. The number of hydrogen-bond donors (Lipinski definition) is 2. The number of carbonyl (C=O) groups is 2. The molecule has 0 saturated heterocycles. The van der Waals surface area contributed by atoms with Crippen LogP contribution in [0.3, 0.4) is 0 Å². The number of carboxylic acids is 1. The molecule has 7 nitrogen and oxygen atoms in total.